The molecular formula is C22H21N7O2. The van der Waals surface area contributed by atoms with E-state index in [1.807, 2.05) is 45.9 Å². The number of nitrogens with one attached hydrogen (secondary N) is 1. The van der Waals surface area contributed by atoms with E-state index in [1.165, 1.54) is 6.33 Å². The number of carbonyl (C=O) groups excluding carboxylic acids is 1. The number of rotatable bonds is 4. The first kappa shape index (κ1) is 20.2. The zero-order chi connectivity index (χ0) is 22.2. The van der Waals surface area contributed by atoms with Gasteiger partial charge in [-0.3, -0.25) is 4.79 Å². The molecule has 0 saturated carbocycles. The van der Waals surface area contributed by atoms with E-state index in [9.17, 15) is 4.79 Å². The van der Waals surface area contributed by atoms with Crippen LogP contribution in [0.25, 0.3) is 16.8 Å². The van der Waals surface area contributed by atoms with Gasteiger partial charge in [0.1, 0.15) is 12.4 Å². The predicted molar refractivity (Wildman–Crippen MR) is 112 cm³/mol. The number of nitrogens with zero attached hydrogens (tertiary/aromatic N) is 6. The third-order valence-electron chi connectivity index (χ3n) is 4.86. The molecule has 3 heterocycles. The van der Waals surface area contributed by atoms with E-state index in [0.717, 1.165) is 27.9 Å². The minimum Gasteiger partial charge on any atom is -0.345 e. The summed E-state index contributed by atoms with van der Waals surface area (Å²) in [5.74, 6) is 0.0424. The molecule has 9 nitrogen and oxygen atoms in total. The van der Waals surface area contributed by atoms with Gasteiger partial charge in [0.15, 0.2) is 0 Å². The highest BCUT2D eigenvalue weighted by Crippen LogP contribution is 2.25. The molecule has 4 aromatic rings. The number of aromatic nitrogens is 5. The van der Waals surface area contributed by atoms with Crippen molar-refractivity contribution in [2.24, 2.45) is 0 Å². The van der Waals surface area contributed by atoms with E-state index in [2.05, 4.69) is 31.6 Å². The van der Waals surface area contributed by atoms with Crippen LogP contribution < -0.4 is 5.32 Å². The zero-order valence-corrected chi connectivity index (χ0v) is 17.7. The van der Waals surface area contributed by atoms with Crippen LogP contribution in [-0.4, -0.2) is 30.6 Å². The van der Waals surface area contributed by atoms with Gasteiger partial charge in [-0.05, 0) is 30.2 Å². The molecule has 0 bridgehead atoms. The lowest BCUT2D eigenvalue weighted by molar-refractivity contribution is 0.0937. The van der Waals surface area contributed by atoms with Gasteiger partial charge in [-0.2, -0.15) is 15.3 Å². The molecule has 0 atom stereocenters. The maximum Gasteiger partial charge on any atom is 0.292 e. The zero-order valence-electron chi connectivity index (χ0n) is 17.7. The molecule has 31 heavy (non-hydrogen) atoms. The van der Waals surface area contributed by atoms with E-state index >= 15 is 0 Å². The second kappa shape index (κ2) is 7.65. The fourth-order valence-corrected chi connectivity index (χ4v) is 3.13. The number of carbonyl (C=O) groups is 1. The first-order valence-electron chi connectivity index (χ1n) is 9.72. The molecule has 156 valence electrons. The molecule has 0 saturated heterocycles. The molecule has 0 aliphatic carbocycles. The molecule has 0 unspecified atom stereocenters. The largest absolute Gasteiger partial charge is 0.345 e. The molecule has 0 fully saturated rings. The Morgan fingerprint density at radius 2 is 2.10 bits per heavy atom. The van der Waals surface area contributed by atoms with E-state index in [-0.39, 0.29) is 11.2 Å². The fraction of sp³-hybridized carbons (Fsp3) is 0.273. The van der Waals surface area contributed by atoms with E-state index in [0.29, 0.717) is 18.0 Å². The minimum absolute atomic E-state index is 0.0177. The molecule has 0 spiro atoms. The predicted octanol–water partition coefficient (Wildman–Crippen LogP) is 3.19. The number of amides is 1. The molecule has 0 radical (unpaired) electrons. The van der Waals surface area contributed by atoms with Gasteiger partial charge >= 0.3 is 0 Å². The van der Waals surface area contributed by atoms with Gasteiger partial charge in [-0.1, -0.05) is 38.1 Å². The highest BCUT2D eigenvalue weighted by atomic mass is 16.5. The Morgan fingerprint density at radius 1 is 1.29 bits per heavy atom. The molecule has 0 aliphatic heterocycles. The summed E-state index contributed by atoms with van der Waals surface area (Å²) >= 11 is 0. The van der Waals surface area contributed by atoms with Gasteiger partial charge in [0, 0.05) is 23.7 Å². The summed E-state index contributed by atoms with van der Waals surface area (Å²) in [5, 5.41) is 19.9. The Labute approximate surface area is 178 Å². The van der Waals surface area contributed by atoms with Crippen LogP contribution in [0.1, 0.15) is 54.0 Å². The van der Waals surface area contributed by atoms with Gasteiger partial charge in [0.2, 0.25) is 5.89 Å². The second-order valence-corrected chi connectivity index (χ2v) is 8.28. The standard InChI is InChI=1S/C22H21N7O2/c1-13-7-15(18-17-8-14(9-23)11-29(17)26-12-25-18)5-6-16(13)10-24-20(30)19-27-21(31-28-19)22(2,3)4/h5-8,11-12H,10H2,1-4H3,(H,24,30). The molecule has 9 heteroatoms. The highest BCUT2D eigenvalue weighted by molar-refractivity contribution is 5.90. The van der Waals surface area contributed by atoms with Crippen molar-refractivity contribution < 1.29 is 9.32 Å². The van der Waals surface area contributed by atoms with Gasteiger partial charge in [-0.25, -0.2) is 9.50 Å². The van der Waals surface area contributed by atoms with Crippen LogP contribution in [-0.2, 0) is 12.0 Å². The Balaban J connectivity index is 1.52. The second-order valence-electron chi connectivity index (χ2n) is 8.28. The van der Waals surface area contributed by atoms with Crippen LogP contribution >= 0.6 is 0 Å². The average molecular weight is 415 g/mol. The van der Waals surface area contributed by atoms with Crippen molar-refractivity contribution in [2.75, 3.05) is 0 Å². The molecule has 0 aliphatic rings. The van der Waals surface area contributed by atoms with Gasteiger partial charge in [0.05, 0.1) is 16.8 Å². The lowest BCUT2D eigenvalue weighted by Crippen LogP contribution is -2.24. The number of benzene rings is 1. The Morgan fingerprint density at radius 3 is 2.77 bits per heavy atom. The van der Waals surface area contributed by atoms with Gasteiger partial charge in [-0.15, -0.1) is 0 Å². The monoisotopic (exact) mass is 415 g/mol. The summed E-state index contributed by atoms with van der Waals surface area (Å²) in [7, 11) is 0. The van der Waals surface area contributed by atoms with Crippen LogP contribution in [0.5, 0.6) is 0 Å². The maximum atomic E-state index is 12.4. The Bertz CT molecular complexity index is 1320. The van der Waals surface area contributed by atoms with Crippen molar-refractivity contribution in [3.8, 4) is 17.3 Å². The summed E-state index contributed by atoms with van der Waals surface area (Å²) in [4.78, 5) is 21.0. The molecule has 1 aromatic carbocycles. The lowest BCUT2D eigenvalue weighted by atomic mass is 9.97. The summed E-state index contributed by atoms with van der Waals surface area (Å²) in [6.45, 7) is 8.11. The normalized spacial score (nSPS) is 11.5. The van der Waals surface area contributed by atoms with E-state index < -0.39 is 5.91 Å². The molecule has 4 rings (SSSR count). The SMILES string of the molecule is Cc1cc(-c2ncnn3cc(C#N)cc23)ccc1CNC(=O)c1noc(C(C)(C)C)n1. The fourth-order valence-electron chi connectivity index (χ4n) is 3.13. The van der Waals surface area contributed by atoms with Crippen LogP contribution in [0, 0.1) is 18.3 Å². The highest BCUT2D eigenvalue weighted by Gasteiger charge is 2.24. The maximum absolute atomic E-state index is 12.4. The third kappa shape index (κ3) is 4.00. The quantitative estimate of drug-likeness (QED) is 0.543. The van der Waals surface area contributed by atoms with E-state index in [1.54, 1.807) is 16.8 Å². The van der Waals surface area contributed by atoms with Crippen molar-refractivity contribution >= 4 is 11.4 Å². The van der Waals surface area contributed by atoms with Crippen molar-refractivity contribution in [2.45, 2.75) is 39.7 Å². The van der Waals surface area contributed by atoms with Crippen LogP contribution in [0.4, 0.5) is 0 Å². The number of nitriles is 1. The number of fused-ring (bicyclic) bond motifs is 1. The van der Waals surface area contributed by atoms with Crippen LogP contribution in [0.2, 0.25) is 0 Å². The number of hydrogen-bond donors (Lipinski definition) is 1. The first-order chi connectivity index (χ1) is 14.8. The number of aryl methyl sites for hydroxylation is 1. The summed E-state index contributed by atoms with van der Waals surface area (Å²) in [6, 6.07) is 9.75. The summed E-state index contributed by atoms with van der Waals surface area (Å²) < 4.78 is 6.82. The van der Waals surface area contributed by atoms with Crippen LogP contribution in [0.3, 0.4) is 0 Å². The van der Waals surface area contributed by atoms with Crippen molar-refractivity contribution in [1.29, 1.82) is 5.26 Å². The molecule has 3 aromatic heterocycles. The van der Waals surface area contributed by atoms with Gasteiger partial charge < -0.3 is 9.84 Å². The van der Waals surface area contributed by atoms with Crippen molar-refractivity contribution in [3.63, 3.8) is 0 Å². The van der Waals surface area contributed by atoms with Crippen LogP contribution in [0.15, 0.2) is 41.3 Å². The Hall–Kier alpha value is -4.06. The Kier molecular flexibility index (Phi) is 4.99. The minimum atomic E-state index is -0.391. The number of hydrogen-bond acceptors (Lipinski definition) is 7. The van der Waals surface area contributed by atoms with Gasteiger partial charge in [0.25, 0.3) is 11.7 Å². The molecule has 1 N–H and O–H groups in total. The topological polar surface area (TPSA) is 122 Å². The first-order valence-corrected chi connectivity index (χ1v) is 9.72. The molecule has 1 amide bonds. The van der Waals surface area contributed by atoms with E-state index in [4.69, 9.17) is 9.78 Å². The lowest BCUT2D eigenvalue weighted by Gasteiger charge is -2.10. The molecular weight excluding hydrogens is 394 g/mol. The average Bonchev–Trinajstić information content (AvgIpc) is 3.39. The third-order valence-corrected chi connectivity index (χ3v) is 4.86. The van der Waals surface area contributed by atoms with Crippen molar-refractivity contribution in [1.82, 2.24) is 30.1 Å². The summed E-state index contributed by atoms with van der Waals surface area (Å²) in [5.41, 5.74) is 4.53. The van der Waals surface area contributed by atoms with Crippen molar-refractivity contribution in [3.05, 3.63) is 65.2 Å². The smallest absolute Gasteiger partial charge is 0.292 e. The summed E-state index contributed by atoms with van der Waals surface area (Å²) in [6.07, 6.45) is 3.13.